The van der Waals surface area contributed by atoms with Gasteiger partial charge in [-0.25, -0.2) is 15.1 Å². The molecule has 1 N–H and O–H groups in total. The van der Waals surface area contributed by atoms with Crippen LogP contribution in [0.15, 0.2) is 102 Å². The molecule has 0 radical (unpaired) electrons. The van der Waals surface area contributed by atoms with E-state index in [1.54, 1.807) is 12.3 Å². The van der Waals surface area contributed by atoms with Crippen LogP contribution in [0.5, 0.6) is 0 Å². The summed E-state index contributed by atoms with van der Waals surface area (Å²) >= 11 is 0. The van der Waals surface area contributed by atoms with E-state index in [2.05, 4.69) is 15.5 Å². The molecule has 5 aromatic rings. The van der Waals surface area contributed by atoms with Crippen LogP contribution < -0.4 is 5.43 Å². The predicted molar refractivity (Wildman–Crippen MR) is 131 cm³/mol. The molecule has 6 heteroatoms. The Morgan fingerprint density at radius 3 is 2.48 bits per heavy atom. The van der Waals surface area contributed by atoms with Gasteiger partial charge in [-0.2, -0.15) is 10.2 Å². The smallest absolute Gasteiger partial charge is 0.266 e. The normalized spacial score (nSPS) is 11.2. The lowest BCUT2D eigenvalue weighted by atomic mass is 10.1. The van der Waals surface area contributed by atoms with Crippen LogP contribution in [0.2, 0.25) is 0 Å². The zero-order valence-corrected chi connectivity index (χ0v) is 18.0. The molecule has 0 bridgehead atoms. The van der Waals surface area contributed by atoms with Crippen molar-refractivity contribution in [3.8, 4) is 16.9 Å². The van der Waals surface area contributed by atoms with Crippen molar-refractivity contribution >= 4 is 23.0 Å². The van der Waals surface area contributed by atoms with Gasteiger partial charge in [-0.1, -0.05) is 72.3 Å². The highest BCUT2D eigenvalue weighted by molar-refractivity contribution is 5.96. The summed E-state index contributed by atoms with van der Waals surface area (Å²) in [5.74, 6) is -0.371. The number of hydrogen-bond donors (Lipinski definition) is 1. The van der Waals surface area contributed by atoms with E-state index < -0.39 is 0 Å². The van der Waals surface area contributed by atoms with Gasteiger partial charge in [0.05, 0.1) is 17.4 Å². The first-order valence-electron chi connectivity index (χ1n) is 10.6. The molecule has 160 valence electrons. The largest absolute Gasteiger partial charge is 0.289 e. The average Bonchev–Trinajstić information content (AvgIpc) is 3.29. The number of carbonyl (C=O) groups excluding carboxylic acids is 1. The number of carbonyl (C=O) groups is 1. The molecule has 0 fully saturated rings. The molecule has 0 aliphatic rings. The molecule has 6 nitrogen and oxygen atoms in total. The second-order valence-electron chi connectivity index (χ2n) is 7.67. The van der Waals surface area contributed by atoms with Crippen molar-refractivity contribution in [3.63, 3.8) is 0 Å². The lowest BCUT2D eigenvalue weighted by Gasteiger charge is -2.02. The van der Waals surface area contributed by atoms with Crippen LogP contribution in [0.25, 0.3) is 27.8 Å². The van der Waals surface area contributed by atoms with Crippen LogP contribution in [0.4, 0.5) is 0 Å². The summed E-state index contributed by atoms with van der Waals surface area (Å²) in [6, 6.07) is 29.3. The molecule has 0 spiro atoms. The van der Waals surface area contributed by atoms with Crippen LogP contribution in [0, 0.1) is 6.92 Å². The number of nitrogens with zero attached hydrogens (tertiary/aromatic N) is 4. The number of pyridine rings is 1. The molecule has 0 saturated heterocycles. The van der Waals surface area contributed by atoms with E-state index in [1.165, 1.54) is 5.56 Å². The van der Waals surface area contributed by atoms with Gasteiger partial charge in [0.15, 0.2) is 0 Å². The van der Waals surface area contributed by atoms with Gasteiger partial charge in [0.1, 0.15) is 11.4 Å². The minimum atomic E-state index is -0.371. The summed E-state index contributed by atoms with van der Waals surface area (Å²) in [6.45, 7) is 2.05. The molecule has 2 heterocycles. The summed E-state index contributed by atoms with van der Waals surface area (Å²) in [5, 5.41) is 9.94. The molecule has 0 atom stereocenters. The van der Waals surface area contributed by atoms with Crippen molar-refractivity contribution in [1.29, 1.82) is 0 Å². The molecule has 0 saturated carbocycles. The fraction of sp³-hybridized carbons (Fsp3) is 0.0370. The Kier molecular flexibility index (Phi) is 5.47. The number of amides is 1. The van der Waals surface area contributed by atoms with Crippen molar-refractivity contribution in [1.82, 2.24) is 20.2 Å². The standard InChI is InChI=1S/C27H21N5O/c1-19-11-13-21(14-12-19)26-22(18-32(31-26)23-8-3-2-4-9-23)17-28-30-27(33)25-16-15-20-7-5-6-10-24(20)29-25/h2-18H,1H3,(H,30,33)/b28-17-. The van der Waals surface area contributed by atoms with Crippen LogP contribution in [0.1, 0.15) is 21.6 Å². The summed E-state index contributed by atoms with van der Waals surface area (Å²) in [4.78, 5) is 17.0. The minimum absolute atomic E-state index is 0.310. The third-order valence-corrected chi connectivity index (χ3v) is 5.29. The molecule has 0 unspecified atom stereocenters. The third kappa shape index (κ3) is 4.41. The van der Waals surface area contributed by atoms with E-state index in [0.29, 0.717) is 5.69 Å². The molecule has 33 heavy (non-hydrogen) atoms. The Bertz CT molecular complexity index is 1450. The number of hydrazone groups is 1. The van der Waals surface area contributed by atoms with Crippen molar-refractivity contribution in [2.45, 2.75) is 6.92 Å². The maximum absolute atomic E-state index is 12.6. The van der Waals surface area contributed by atoms with Crippen molar-refractivity contribution in [2.75, 3.05) is 0 Å². The molecule has 2 aromatic heterocycles. The maximum atomic E-state index is 12.6. The zero-order valence-electron chi connectivity index (χ0n) is 18.0. The van der Waals surface area contributed by atoms with Crippen LogP contribution in [-0.2, 0) is 0 Å². The van der Waals surface area contributed by atoms with Crippen molar-refractivity contribution in [2.24, 2.45) is 5.10 Å². The first-order valence-corrected chi connectivity index (χ1v) is 10.6. The lowest BCUT2D eigenvalue weighted by Crippen LogP contribution is -2.18. The number of fused-ring (bicyclic) bond motifs is 1. The Hall–Kier alpha value is -4.58. The van der Waals surface area contributed by atoms with Gasteiger partial charge < -0.3 is 0 Å². The lowest BCUT2D eigenvalue weighted by molar-refractivity contribution is 0.0950. The second-order valence-corrected chi connectivity index (χ2v) is 7.67. The zero-order chi connectivity index (χ0) is 22.6. The van der Waals surface area contributed by atoms with Crippen molar-refractivity contribution in [3.05, 3.63) is 114 Å². The Morgan fingerprint density at radius 1 is 0.909 bits per heavy atom. The molecular formula is C27H21N5O. The second kappa shape index (κ2) is 8.88. The van der Waals surface area contributed by atoms with Crippen LogP contribution >= 0.6 is 0 Å². The number of rotatable bonds is 5. The predicted octanol–water partition coefficient (Wildman–Crippen LogP) is 5.16. The summed E-state index contributed by atoms with van der Waals surface area (Å²) in [7, 11) is 0. The molecule has 1 amide bonds. The van der Waals surface area contributed by atoms with E-state index in [4.69, 9.17) is 5.10 Å². The van der Waals surface area contributed by atoms with Gasteiger partial charge in [0.2, 0.25) is 0 Å². The Balaban J connectivity index is 1.43. The van der Waals surface area contributed by atoms with E-state index in [9.17, 15) is 4.79 Å². The Labute approximate surface area is 191 Å². The fourth-order valence-electron chi connectivity index (χ4n) is 3.54. The number of hydrogen-bond acceptors (Lipinski definition) is 4. The average molecular weight is 431 g/mol. The van der Waals surface area contributed by atoms with Gasteiger partial charge in [-0.15, -0.1) is 0 Å². The van der Waals surface area contributed by atoms with Gasteiger partial charge in [0, 0.05) is 22.7 Å². The van der Waals surface area contributed by atoms with Gasteiger partial charge in [-0.05, 0) is 31.2 Å². The summed E-state index contributed by atoms with van der Waals surface area (Å²) < 4.78 is 1.81. The van der Waals surface area contributed by atoms with Crippen LogP contribution in [-0.4, -0.2) is 26.9 Å². The highest BCUT2D eigenvalue weighted by Gasteiger charge is 2.12. The monoisotopic (exact) mass is 431 g/mol. The highest BCUT2D eigenvalue weighted by Crippen LogP contribution is 2.23. The van der Waals surface area contributed by atoms with E-state index in [1.807, 2.05) is 103 Å². The van der Waals surface area contributed by atoms with Crippen molar-refractivity contribution < 1.29 is 4.79 Å². The summed E-state index contributed by atoms with van der Waals surface area (Å²) in [6.07, 6.45) is 3.51. The first-order chi connectivity index (χ1) is 16.2. The van der Waals surface area contributed by atoms with Gasteiger partial charge >= 0.3 is 0 Å². The molecule has 5 rings (SSSR count). The van der Waals surface area contributed by atoms with E-state index in [0.717, 1.165) is 33.4 Å². The quantitative estimate of drug-likeness (QED) is 0.309. The molecule has 3 aromatic carbocycles. The summed E-state index contributed by atoms with van der Waals surface area (Å²) in [5.41, 5.74) is 8.30. The number of nitrogens with one attached hydrogen (secondary N) is 1. The number of benzene rings is 3. The number of aryl methyl sites for hydroxylation is 1. The molecule has 0 aliphatic heterocycles. The van der Waals surface area contributed by atoms with E-state index >= 15 is 0 Å². The third-order valence-electron chi connectivity index (χ3n) is 5.29. The molecule has 0 aliphatic carbocycles. The number of aromatic nitrogens is 3. The maximum Gasteiger partial charge on any atom is 0.289 e. The number of para-hydroxylation sites is 2. The van der Waals surface area contributed by atoms with Crippen LogP contribution in [0.3, 0.4) is 0 Å². The SMILES string of the molecule is Cc1ccc(-c2nn(-c3ccccc3)cc2/C=N\NC(=O)c2ccc3ccccc3n2)cc1. The van der Waals surface area contributed by atoms with E-state index in [-0.39, 0.29) is 5.91 Å². The first kappa shape index (κ1) is 20.3. The van der Waals surface area contributed by atoms with Gasteiger partial charge in [0.25, 0.3) is 5.91 Å². The molecular weight excluding hydrogens is 410 g/mol. The Morgan fingerprint density at radius 2 is 1.67 bits per heavy atom. The topological polar surface area (TPSA) is 72.2 Å². The van der Waals surface area contributed by atoms with Gasteiger partial charge in [-0.3, -0.25) is 4.79 Å². The fourth-order valence-corrected chi connectivity index (χ4v) is 3.54. The minimum Gasteiger partial charge on any atom is -0.266 e. The highest BCUT2D eigenvalue weighted by atomic mass is 16.2.